The lowest BCUT2D eigenvalue weighted by Crippen LogP contribution is -2.14. The number of rotatable bonds is 4. The summed E-state index contributed by atoms with van der Waals surface area (Å²) < 4.78 is 39.1. The van der Waals surface area contributed by atoms with Crippen LogP contribution in [0.3, 0.4) is 0 Å². The van der Waals surface area contributed by atoms with E-state index in [4.69, 9.17) is 0 Å². The third-order valence-corrected chi connectivity index (χ3v) is 4.51. The van der Waals surface area contributed by atoms with Crippen molar-refractivity contribution in [3.8, 4) is 0 Å². The summed E-state index contributed by atoms with van der Waals surface area (Å²) in [7, 11) is 1.79. The van der Waals surface area contributed by atoms with Crippen molar-refractivity contribution in [3.63, 3.8) is 0 Å². The number of halogens is 3. The standard InChI is InChI=1S/C16H14F3N5OS/c1-9-12-5-11(7-21-15(12)24(2)23-9)22-13(25)8-26-14-4-3-10(6-20-14)16(17,18)19/h3-7H,8H2,1-2H3,(H,22,25). The molecule has 0 radical (unpaired) electrons. The van der Waals surface area contributed by atoms with Gasteiger partial charge in [-0.3, -0.25) is 9.48 Å². The number of amides is 1. The molecule has 10 heteroatoms. The van der Waals surface area contributed by atoms with Gasteiger partial charge in [0.25, 0.3) is 0 Å². The van der Waals surface area contributed by atoms with E-state index in [0.29, 0.717) is 16.4 Å². The van der Waals surface area contributed by atoms with Crippen LogP contribution >= 0.6 is 11.8 Å². The first kappa shape index (κ1) is 18.2. The molecule has 0 aliphatic rings. The lowest BCUT2D eigenvalue weighted by Gasteiger charge is -2.07. The zero-order chi connectivity index (χ0) is 18.9. The maximum Gasteiger partial charge on any atom is 0.417 e. The quantitative estimate of drug-likeness (QED) is 0.701. The van der Waals surface area contributed by atoms with Gasteiger partial charge in [-0.15, -0.1) is 0 Å². The molecule has 3 aromatic heterocycles. The van der Waals surface area contributed by atoms with Crippen molar-refractivity contribution in [3.05, 3.63) is 41.9 Å². The largest absolute Gasteiger partial charge is 0.417 e. The minimum absolute atomic E-state index is 0.0163. The molecule has 1 amide bonds. The van der Waals surface area contributed by atoms with E-state index in [1.54, 1.807) is 17.8 Å². The van der Waals surface area contributed by atoms with Crippen molar-refractivity contribution in [2.75, 3.05) is 11.1 Å². The number of hydrogen-bond acceptors (Lipinski definition) is 5. The Labute approximate surface area is 150 Å². The van der Waals surface area contributed by atoms with Crippen LogP contribution in [0.2, 0.25) is 0 Å². The molecular weight excluding hydrogens is 367 g/mol. The topological polar surface area (TPSA) is 72.7 Å². The number of nitrogens with one attached hydrogen (secondary N) is 1. The molecule has 0 spiro atoms. The van der Waals surface area contributed by atoms with E-state index in [1.807, 2.05) is 6.92 Å². The SMILES string of the molecule is Cc1nn(C)c2ncc(NC(=O)CSc3ccc(C(F)(F)F)cn3)cc12. The van der Waals surface area contributed by atoms with Crippen molar-refractivity contribution < 1.29 is 18.0 Å². The fourth-order valence-electron chi connectivity index (χ4n) is 2.35. The van der Waals surface area contributed by atoms with Gasteiger partial charge in [-0.05, 0) is 25.1 Å². The van der Waals surface area contributed by atoms with E-state index >= 15 is 0 Å². The van der Waals surface area contributed by atoms with Crippen LogP contribution in [0.5, 0.6) is 0 Å². The molecule has 0 unspecified atom stereocenters. The fourth-order valence-corrected chi connectivity index (χ4v) is 2.99. The summed E-state index contributed by atoms with van der Waals surface area (Å²) in [6, 6.07) is 3.97. The third kappa shape index (κ3) is 3.96. The number of anilines is 1. The molecule has 0 aromatic carbocycles. The van der Waals surface area contributed by atoms with Gasteiger partial charge in [0, 0.05) is 18.6 Å². The number of aromatic nitrogens is 4. The predicted octanol–water partition coefficient (Wildman–Crippen LogP) is 3.42. The number of hydrogen-bond donors (Lipinski definition) is 1. The Hall–Kier alpha value is -2.62. The summed E-state index contributed by atoms with van der Waals surface area (Å²) in [4.78, 5) is 20.0. The Bertz CT molecular complexity index is 953. The Morgan fingerprint density at radius 1 is 1.27 bits per heavy atom. The minimum Gasteiger partial charge on any atom is -0.324 e. The zero-order valence-corrected chi connectivity index (χ0v) is 14.6. The summed E-state index contributed by atoms with van der Waals surface area (Å²) >= 11 is 1.05. The third-order valence-electron chi connectivity index (χ3n) is 3.56. The van der Waals surface area contributed by atoms with Crippen molar-refractivity contribution in [2.24, 2.45) is 7.05 Å². The molecule has 0 aliphatic heterocycles. The molecule has 0 atom stereocenters. The molecule has 0 saturated carbocycles. The van der Waals surface area contributed by atoms with Gasteiger partial charge in [0.2, 0.25) is 5.91 Å². The van der Waals surface area contributed by atoms with Crippen molar-refractivity contribution in [2.45, 2.75) is 18.1 Å². The average molecular weight is 381 g/mol. The van der Waals surface area contributed by atoms with E-state index in [0.717, 1.165) is 35.1 Å². The van der Waals surface area contributed by atoms with E-state index in [-0.39, 0.29) is 11.7 Å². The molecule has 0 saturated heterocycles. The molecular formula is C16H14F3N5OS. The first-order valence-electron chi connectivity index (χ1n) is 7.49. The highest BCUT2D eigenvalue weighted by molar-refractivity contribution is 7.99. The number of thioether (sulfide) groups is 1. The number of pyridine rings is 2. The molecule has 3 rings (SSSR count). The second-order valence-corrected chi connectivity index (χ2v) is 6.52. The molecule has 3 aromatic rings. The van der Waals surface area contributed by atoms with E-state index in [9.17, 15) is 18.0 Å². The van der Waals surface area contributed by atoms with Gasteiger partial charge < -0.3 is 5.32 Å². The maximum absolute atomic E-state index is 12.5. The average Bonchev–Trinajstić information content (AvgIpc) is 2.86. The fraction of sp³-hybridized carbons (Fsp3) is 0.250. The van der Waals surface area contributed by atoms with Crippen LogP contribution in [0, 0.1) is 6.92 Å². The van der Waals surface area contributed by atoms with Crippen LogP contribution < -0.4 is 5.32 Å². The highest BCUT2D eigenvalue weighted by Crippen LogP contribution is 2.29. The molecule has 6 nitrogen and oxygen atoms in total. The smallest absolute Gasteiger partial charge is 0.324 e. The molecule has 3 heterocycles. The molecule has 136 valence electrons. The van der Waals surface area contributed by atoms with Gasteiger partial charge in [-0.1, -0.05) is 11.8 Å². The molecule has 1 N–H and O–H groups in total. The minimum atomic E-state index is -4.43. The second kappa shape index (κ2) is 6.94. The summed E-state index contributed by atoms with van der Waals surface area (Å²) in [5.74, 6) is -0.290. The van der Waals surface area contributed by atoms with Crippen LogP contribution in [0.25, 0.3) is 11.0 Å². The summed E-state index contributed by atoms with van der Waals surface area (Å²) in [6.07, 6.45) is -2.14. The van der Waals surface area contributed by atoms with Crippen LogP contribution in [-0.2, 0) is 18.0 Å². The lowest BCUT2D eigenvalue weighted by molar-refractivity contribution is -0.137. The molecule has 0 bridgehead atoms. The second-order valence-electron chi connectivity index (χ2n) is 5.52. The monoisotopic (exact) mass is 381 g/mol. The molecule has 0 aliphatic carbocycles. The highest BCUT2D eigenvalue weighted by Gasteiger charge is 2.30. The van der Waals surface area contributed by atoms with E-state index in [2.05, 4.69) is 20.4 Å². The Morgan fingerprint density at radius 2 is 2.04 bits per heavy atom. The Kier molecular flexibility index (Phi) is 4.86. The first-order valence-corrected chi connectivity index (χ1v) is 8.48. The number of fused-ring (bicyclic) bond motifs is 1. The van der Waals surface area contributed by atoms with Crippen LogP contribution in [0.1, 0.15) is 11.3 Å². The Balaban J connectivity index is 1.61. The summed E-state index contributed by atoms with van der Waals surface area (Å²) in [5.41, 5.74) is 1.22. The lowest BCUT2D eigenvalue weighted by atomic mass is 10.2. The summed E-state index contributed by atoms with van der Waals surface area (Å²) in [5, 5.41) is 8.14. The first-order chi connectivity index (χ1) is 12.2. The van der Waals surface area contributed by atoms with Crippen LogP contribution in [0.4, 0.5) is 18.9 Å². The molecule has 0 fully saturated rings. The number of carbonyl (C=O) groups excluding carboxylic acids is 1. The van der Waals surface area contributed by atoms with Crippen molar-refractivity contribution in [1.82, 2.24) is 19.7 Å². The van der Waals surface area contributed by atoms with Crippen molar-refractivity contribution in [1.29, 1.82) is 0 Å². The van der Waals surface area contributed by atoms with Gasteiger partial charge in [0.05, 0.1) is 33.9 Å². The van der Waals surface area contributed by atoms with Crippen LogP contribution in [-0.4, -0.2) is 31.4 Å². The number of aryl methyl sites for hydroxylation is 2. The van der Waals surface area contributed by atoms with E-state index < -0.39 is 11.7 Å². The number of nitrogens with zero attached hydrogens (tertiary/aromatic N) is 4. The zero-order valence-electron chi connectivity index (χ0n) is 13.8. The number of carbonyl (C=O) groups is 1. The van der Waals surface area contributed by atoms with Gasteiger partial charge in [-0.2, -0.15) is 18.3 Å². The van der Waals surface area contributed by atoms with Crippen LogP contribution in [0.15, 0.2) is 35.6 Å². The predicted molar refractivity (Wildman–Crippen MR) is 91.8 cm³/mol. The van der Waals surface area contributed by atoms with Gasteiger partial charge in [-0.25, -0.2) is 9.97 Å². The summed E-state index contributed by atoms with van der Waals surface area (Å²) in [6.45, 7) is 1.85. The highest BCUT2D eigenvalue weighted by atomic mass is 32.2. The van der Waals surface area contributed by atoms with E-state index in [1.165, 1.54) is 12.3 Å². The van der Waals surface area contributed by atoms with Gasteiger partial charge in [0.1, 0.15) is 0 Å². The van der Waals surface area contributed by atoms with Gasteiger partial charge in [0.15, 0.2) is 5.65 Å². The Morgan fingerprint density at radius 3 is 2.69 bits per heavy atom. The van der Waals surface area contributed by atoms with Crippen molar-refractivity contribution >= 4 is 34.4 Å². The maximum atomic E-state index is 12.5. The van der Waals surface area contributed by atoms with Gasteiger partial charge >= 0.3 is 6.18 Å². The number of alkyl halides is 3. The normalized spacial score (nSPS) is 11.7. The molecule has 26 heavy (non-hydrogen) atoms.